The maximum Gasteiger partial charge on any atom is 0.113 e. The zero-order valence-electron chi connectivity index (χ0n) is 11.1. The first-order valence-electron chi connectivity index (χ1n) is 6.43. The highest BCUT2D eigenvalue weighted by molar-refractivity contribution is 6.20. The van der Waals surface area contributed by atoms with Gasteiger partial charge < -0.3 is 0 Å². The average molecular weight is 284 g/mol. The van der Waals surface area contributed by atoms with Crippen molar-refractivity contribution in [3.05, 3.63) is 65.7 Å². The molecule has 1 aromatic heterocycles. The number of benzene rings is 2. The number of rotatable bonds is 3. The minimum absolute atomic E-state index is 0.457. The molecule has 0 unspecified atom stereocenters. The summed E-state index contributed by atoms with van der Waals surface area (Å²) < 4.78 is 1.86. The normalized spacial score (nSPS) is 12.5. The number of para-hydroxylation sites is 1. The molecule has 20 heavy (non-hydrogen) atoms. The van der Waals surface area contributed by atoms with Crippen LogP contribution >= 0.6 is 11.6 Å². The van der Waals surface area contributed by atoms with Gasteiger partial charge in [-0.15, -0.1) is 16.7 Å². The van der Waals surface area contributed by atoms with Gasteiger partial charge in [0, 0.05) is 11.4 Å². The van der Waals surface area contributed by atoms with Crippen LogP contribution in [0.4, 0.5) is 0 Å². The second kappa shape index (κ2) is 5.47. The molecular formula is C16H14ClN3. The van der Waals surface area contributed by atoms with Gasteiger partial charge in [-0.3, -0.25) is 0 Å². The summed E-state index contributed by atoms with van der Waals surface area (Å²) in [6.07, 6.45) is 0. The quantitative estimate of drug-likeness (QED) is 0.682. The Morgan fingerprint density at radius 3 is 2.50 bits per heavy atom. The van der Waals surface area contributed by atoms with Gasteiger partial charge in [0.25, 0.3) is 0 Å². The van der Waals surface area contributed by atoms with E-state index >= 15 is 0 Å². The number of hydrogen-bond acceptors (Lipinski definition) is 2. The van der Waals surface area contributed by atoms with Crippen LogP contribution in [0.5, 0.6) is 0 Å². The topological polar surface area (TPSA) is 30.7 Å². The van der Waals surface area contributed by atoms with Crippen molar-refractivity contribution >= 4 is 28.3 Å². The summed E-state index contributed by atoms with van der Waals surface area (Å²) in [5.41, 5.74) is 5.00. The van der Waals surface area contributed by atoms with E-state index in [4.69, 9.17) is 11.6 Å². The zero-order valence-corrected chi connectivity index (χ0v) is 11.9. The molecule has 0 atom stereocenters. The second-order valence-electron chi connectivity index (χ2n) is 4.62. The molecule has 100 valence electrons. The molecule has 0 N–H and O–H groups in total. The molecule has 0 saturated carbocycles. The summed E-state index contributed by atoms with van der Waals surface area (Å²) in [6, 6.07) is 18.0. The minimum atomic E-state index is 0.457. The van der Waals surface area contributed by atoms with Gasteiger partial charge in [0.05, 0.1) is 11.2 Å². The third-order valence-corrected chi connectivity index (χ3v) is 3.62. The van der Waals surface area contributed by atoms with Gasteiger partial charge in [0.1, 0.15) is 5.52 Å². The van der Waals surface area contributed by atoms with E-state index in [2.05, 4.69) is 22.4 Å². The predicted molar refractivity (Wildman–Crippen MR) is 82.7 cm³/mol. The molecule has 0 radical (unpaired) electrons. The molecular weight excluding hydrogens is 270 g/mol. The molecule has 0 saturated heterocycles. The van der Waals surface area contributed by atoms with E-state index in [1.54, 1.807) is 0 Å². The van der Waals surface area contributed by atoms with E-state index in [0.29, 0.717) is 5.88 Å². The summed E-state index contributed by atoms with van der Waals surface area (Å²) >= 11 is 6.05. The van der Waals surface area contributed by atoms with Crippen LogP contribution in [0.15, 0.2) is 60.2 Å². The Bertz CT molecular complexity index is 760. The van der Waals surface area contributed by atoms with Crippen molar-refractivity contribution in [2.45, 2.75) is 6.92 Å². The Morgan fingerprint density at radius 2 is 1.75 bits per heavy atom. The van der Waals surface area contributed by atoms with Crippen molar-refractivity contribution in [2.75, 3.05) is 5.88 Å². The summed E-state index contributed by atoms with van der Waals surface area (Å²) in [5, 5.41) is 8.51. The Hall–Kier alpha value is -2.13. The zero-order chi connectivity index (χ0) is 13.9. The van der Waals surface area contributed by atoms with Crippen LogP contribution in [-0.4, -0.2) is 20.9 Å². The number of allylic oxidation sites excluding steroid dienone is 1. The third kappa shape index (κ3) is 2.21. The van der Waals surface area contributed by atoms with Crippen molar-refractivity contribution in [1.82, 2.24) is 15.0 Å². The van der Waals surface area contributed by atoms with Gasteiger partial charge in [0.15, 0.2) is 0 Å². The van der Waals surface area contributed by atoms with Crippen LogP contribution in [0.25, 0.3) is 16.7 Å². The van der Waals surface area contributed by atoms with Gasteiger partial charge in [0.2, 0.25) is 0 Å². The van der Waals surface area contributed by atoms with E-state index in [9.17, 15) is 0 Å². The summed E-state index contributed by atoms with van der Waals surface area (Å²) in [4.78, 5) is 0. The largest absolute Gasteiger partial charge is 0.212 e. The summed E-state index contributed by atoms with van der Waals surface area (Å²) in [5.74, 6) is 0.457. The van der Waals surface area contributed by atoms with E-state index in [1.807, 2.05) is 54.1 Å². The lowest BCUT2D eigenvalue weighted by Gasteiger charge is -2.12. The van der Waals surface area contributed by atoms with Crippen LogP contribution < -0.4 is 0 Å². The van der Waals surface area contributed by atoms with Crippen molar-refractivity contribution in [3.63, 3.8) is 0 Å². The van der Waals surface area contributed by atoms with Crippen LogP contribution in [-0.2, 0) is 0 Å². The number of aromatic nitrogens is 3. The fraction of sp³-hybridized carbons (Fsp3) is 0.125. The maximum atomic E-state index is 6.05. The molecule has 0 aliphatic heterocycles. The maximum absolute atomic E-state index is 6.05. The van der Waals surface area contributed by atoms with Crippen LogP contribution in [0, 0.1) is 0 Å². The highest BCUT2D eigenvalue weighted by Gasteiger charge is 2.12. The Labute approximate surface area is 122 Å². The van der Waals surface area contributed by atoms with Gasteiger partial charge in [-0.25, -0.2) is 4.68 Å². The summed E-state index contributed by atoms with van der Waals surface area (Å²) in [6.45, 7) is 2.02. The average Bonchev–Trinajstić information content (AvgIpc) is 2.92. The highest BCUT2D eigenvalue weighted by atomic mass is 35.5. The van der Waals surface area contributed by atoms with Crippen molar-refractivity contribution < 1.29 is 0 Å². The molecule has 0 aliphatic rings. The molecule has 3 nitrogen and oxygen atoms in total. The first kappa shape index (κ1) is 12.9. The molecule has 0 spiro atoms. The van der Waals surface area contributed by atoms with Gasteiger partial charge in [-0.2, -0.15) is 0 Å². The van der Waals surface area contributed by atoms with Crippen molar-refractivity contribution in [1.29, 1.82) is 0 Å². The van der Waals surface area contributed by atoms with Gasteiger partial charge in [-0.1, -0.05) is 47.7 Å². The number of halogens is 1. The summed E-state index contributed by atoms with van der Waals surface area (Å²) in [7, 11) is 0. The Morgan fingerprint density at radius 1 is 1.05 bits per heavy atom. The molecule has 0 fully saturated rings. The lowest BCUT2D eigenvalue weighted by molar-refractivity contribution is 0.835. The molecule has 0 amide bonds. The van der Waals surface area contributed by atoms with E-state index in [1.165, 1.54) is 0 Å². The molecule has 0 aliphatic carbocycles. The molecule has 2 aromatic carbocycles. The lowest BCUT2D eigenvalue weighted by Crippen LogP contribution is -2.04. The molecule has 3 aromatic rings. The van der Waals surface area contributed by atoms with Gasteiger partial charge >= 0.3 is 0 Å². The smallest absolute Gasteiger partial charge is 0.113 e. The fourth-order valence-corrected chi connectivity index (χ4v) is 2.37. The monoisotopic (exact) mass is 283 g/mol. The van der Waals surface area contributed by atoms with Crippen LogP contribution in [0.2, 0.25) is 0 Å². The second-order valence-corrected chi connectivity index (χ2v) is 4.89. The standard InChI is InChI=1S/C16H14ClN3/c1-12(11-17)16(13-7-3-2-4-8-13)20-15-10-6-5-9-14(15)18-19-20/h2-10H,11H2,1H3/b16-12+. The number of alkyl halides is 1. The lowest BCUT2D eigenvalue weighted by atomic mass is 10.1. The van der Waals surface area contributed by atoms with Crippen LogP contribution in [0.3, 0.4) is 0 Å². The van der Waals surface area contributed by atoms with Crippen molar-refractivity contribution in [3.8, 4) is 0 Å². The first-order valence-corrected chi connectivity index (χ1v) is 6.96. The first-order chi connectivity index (χ1) is 9.81. The molecule has 1 heterocycles. The number of hydrogen-bond donors (Lipinski definition) is 0. The van der Waals surface area contributed by atoms with E-state index in [0.717, 1.165) is 27.9 Å². The SMILES string of the molecule is C/C(CCl)=C(/c1ccccc1)n1nnc2ccccc21. The van der Waals surface area contributed by atoms with Gasteiger partial charge in [-0.05, 0) is 24.6 Å². The number of fused-ring (bicyclic) bond motifs is 1. The molecule has 3 rings (SSSR count). The Kier molecular flexibility index (Phi) is 3.52. The third-order valence-electron chi connectivity index (χ3n) is 3.22. The minimum Gasteiger partial charge on any atom is -0.212 e. The molecule has 4 heteroatoms. The van der Waals surface area contributed by atoms with Crippen molar-refractivity contribution in [2.24, 2.45) is 0 Å². The van der Waals surface area contributed by atoms with E-state index in [-0.39, 0.29) is 0 Å². The van der Waals surface area contributed by atoms with Crippen LogP contribution in [0.1, 0.15) is 12.5 Å². The fourth-order valence-electron chi connectivity index (χ4n) is 2.24. The predicted octanol–water partition coefficient (Wildman–Crippen LogP) is 3.95. The van der Waals surface area contributed by atoms with E-state index < -0.39 is 0 Å². The highest BCUT2D eigenvalue weighted by Crippen LogP contribution is 2.24. The molecule has 0 bridgehead atoms. The Balaban J connectivity index is 2.26. The number of nitrogens with zero attached hydrogens (tertiary/aromatic N) is 3.